The molecule has 0 aliphatic rings. The van der Waals surface area contributed by atoms with Crippen molar-refractivity contribution in [3.8, 4) is 5.75 Å². The summed E-state index contributed by atoms with van der Waals surface area (Å²) in [7, 11) is 1.55. The summed E-state index contributed by atoms with van der Waals surface area (Å²) in [5, 5.41) is 0. The first-order chi connectivity index (χ1) is 9.20. The average molecular weight is 255 g/mol. The molecule has 0 saturated carbocycles. The van der Waals surface area contributed by atoms with Gasteiger partial charge in [0.1, 0.15) is 11.4 Å². The van der Waals surface area contributed by atoms with E-state index in [1.807, 2.05) is 6.92 Å². The van der Waals surface area contributed by atoms with Crippen LogP contribution in [-0.4, -0.2) is 17.9 Å². The quantitative estimate of drug-likeness (QED) is 0.770. The van der Waals surface area contributed by atoms with E-state index in [1.165, 1.54) is 5.56 Å². The van der Waals surface area contributed by atoms with E-state index in [1.54, 1.807) is 25.4 Å². The lowest BCUT2D eigenvalue weighted by atomic mass is 10.0. The number of ketones is 1. The van der Waals surface area contributed by atoms with Crippen LogP contribution in [0, 0.1) is 6.92 Å². The molecular weight excluding hydrogens is 238 g/mol. The van der Waals surface area contributed by atoms with Crippen LogP contribution in [0.25, 0.3) is 0 Å². The Morgan fingerprint density at radius 2 is 1.95 bits per heavy atom. The van der Waals surface area contributed by atoms with E-state index in [-0.39, 0.29) is 5.78 Å². The molecular formula is C16H17NO2. The largest absolute Gasteiger partial charge is 0.494 e. The number of carbonyl (C=O) groups excluding carboxylic acids is 1. The van der Waals surface area contributed by atoms with Gasteiger partial charge in [-0.05, 0) is 31.0 Å². The highest BCUT2D eigenvalue weighted by molar-refractivity contribution is 5.96. The lowest BCUT2D eigenvalue weighted by Crippen LogP contribution is -2.06. The molecule has 0 bridgehead atoms. The standard InChI is InChI=1S/C16H17NO2/c1-12-5-7-13(8-6-12)9-10-14(18)16-15(19-2)4-3-11-17-16/h3-8,11H,9-10H2,1-2H3. The fourth-order valence-corrected chi connectivity index (χ4v) is 1.90. The van der Waals surface area contributed by atoms with Crippen LogP contribution in [0.5, 0.6) is 5.75 Å². The molecule has 2 aromatic rings. The molecule has 19 heavy (non-hydrogen) atoms. The maximum Gasteiger partial charge on any atom is 0.185 e. The number of aryl methyl sites for hydroxylation is 2. The van der Waals surface area contributed by atoms with Crippen LogP contribution in [0.2, 0.25) is 0 Å². The predicted molar refractivity (Wildman–Crippen MR) is 74.6 cm³/mol. The molecule has 1 aromatic heterocycles. The van der Waals surface area contributed by atoms with Crippen molar-refractivity contribution in [2.45, 2.75) is 19.8 Å². The highest BCUT2D eigenvalue weighted by Gasteiger charge is 2.13. The molecule has 1 aromatic carbocycles. The number of hydrogen-bond donors (Lipinski definition) is 0. The molecule has 1 heterocycles. The molecule has 0 unspecified atom stereocenters. The van der Waals surface area contributed by atoms with Crippen molar-refractivity contribution < 1.29 is 9.53 Å². The number of benzene rings is 1. The van der Waals surface area contributed by atoms with Gasteiger partial charge in [-0.3, -0.25) is 4.79 Å². The maximum absolute atomic E-state index is 12.1. The average Bonchev–Trinajstić information content (AvgIpc) is 2.46. The van der Waals surface area contributed by atoms with Crippen molar-refractivity contribution in [2.24, 2.45) is 0 Å². The molecule has 0 amide bonds. The summed E-state index contributed by atoms with van der Waals surface area (Å²) >= 11 is 0. The summed E-state index contributed by atoms with van der Waals surface area (Å²) in [4.78, 5) is 16.2. The van der Waals surface area contributed by atoms with Gasteiger partial charge in [0.15, 0.2) is 5.78 Å². The molecule has 0 spiro atoms. The minimum Gasteiger partial charge on any atom is -0.494 e. The van der Waals surface area contributed by atoms with Crippen molar-refractivity contribution >= 4 is 5.78 Å². The van der Waals surface area contributed by atoms with Gasteiger partial charge in [0.25, 0.3) is 0 Å². The van der Waals surface area contributed by atoms with Crippen molar-refractivity contribution in [1.29, 1.82) is 0 Å². The Hall–Kier alpha value is -2.16. The Kier molecular flexibility index (Phi) is 4.29. The number of carbonyl (C=O) groups is 1. The first-order valence-corrected chi connectivity index (χ1v) is 6.28. The highest BCUT2D eigenvalue weighted by atomic mass is 16.5. The Bertz CT molecular complexity index is 561. The van der Waals surface area contributed by atoms with Crippen LogP contribution in [0.15, 0.2) is 42.6 Å². The minimum absolute atomic E-state index is 0.0121. The molecule has 0 aliphatic heterocycles. The smallest absolute Gasteiger partial charge is 0.185 e. The molecule has 3 nitrogen and oxygen atoms in total. The predicted octanol–water partition coefficient (Wildman–Crippen LogP) is 3.21. The normalized spacial score (nSPS) is 10.2. The SMILES string of the molecule is COc1cccnc1C(=O)CCc1ccc(C)cc1. The van der Waals surface area contributed by atoms with E-state index in [0.29, 0.717) is 17.9 Å². The molecule has 3 heteroatoms. The summed E-state index contributed by atoms with van der Waals surface area (Å²) in [6, 6.07) is 11.7. The van der Waals surface area contributed by atoms with E-state index in [0.717, 1.165) is 12.0 Å². The minimum atomic E-state index is 0.0121. The molecule has 0 aliphatic carbocycles. The second kappa shape index (κ2) is 6.14. The van der Waals surface area contributed by atoms with Gasteiger partial charge in [-0.1, -0.05) is 29.8 Å². The third-order valence-corrected chi connectivity index (χ3v) is 3.02. The van der Waals surface area contributed by atoms with E-state index < -0.39 is 0 Å². The number of hydrogen-bond acceptors (Lipinski definition) is 3. The molecule has 98 valence electrons. The number of Topliss-reactive ketones (excluding diaryl/α,β-unsaturated/α-hetero) is 1. The Morgan fingerprint density at radius 1 is 1.21 bits per heavy atom. The third-order valence-electron chi connectivity index (χ3n) is 3.02. The highest BCUT2D eigenvalue weighted by Crippen LogP contribution is 2.17. The van der Waals surface area contributed by atoms with Gasteiger partial charge in [-0.15, -0.1) is 0 Å². The Labute approximate surface area is 113 Å². The topological polar surface area (TPSA) is 39.2 Å². The van der Waals surface area contributed by atoms with Gasteiger partial charge in [0.05, 0.1) is 7.11 Å². The lowest BCUT2D eigenvalue weighted by Gasteiger charge is -2.06. The third kappa shape index (κ3) is 3.41. The number of ether oxygens (including phenoxy) is 1. The molecule has 0 atom stereocenters. The fourth-order valence-electron chi connectivity index (χ4n) is 1.90. The van der Waals surface area contributed by atoms with Crippen LogP contribution in [-0.2, 0) is 6.42 Å². The van der Waals surface area contributed by atoms with Gasteiger partial charge in [-0.2, -0.15) is 0 Å². The van der Waals surface area contributed by atoms with Crippen molar-refractivity contribution in [3.05, 3.63) is 59.4 Å². The zero-order chi connectivity index (χ0) is 13.7. The molecule has 0 saturated heterocycles. The monoisotopic (exact) mass is 255 g/mol. The second-order valence-electron chi connectivity index (χ2n) is 4.46. The number of rotatable bonds is 5. The molecule has 2 rings (SSSR count). The zero-order valence-corrected chi connectivity index (χ0v) is 11.2. The van der Waals surface area contributed by atoms with Gasteiger partial charge < -0.3 is 4.74 Å². The van der Waals surface area contributed by atoms with Gasteiger partial charge >= 0.3 is 0 Å². The van der Waals surface area contributed by atoms with Crippen molar-refractivity contribution in [3.63, 3.8) is 0 Å². The fraction of sp³-hybridized carbons (Fsp3) is 0.250. The number of methoxy groups -OCH3 is 1. The van der Waals surface area contributed by atoms with Crippen LogP contribution < -0.4 is 4.74 Å². The number of pyridine rings is 1. The van der Waals surface area contributed by atoms with E-state index in [2.05, 4.69) is 29.2 Å². The summed E-state index contributed by atoms with van der Waals surface area (Å²) in [6.07, 6.45) is 2.77. The van der Waals surface area contributed by atoms with Gasteiger partial charge in [-0.25, -0.2) is 4.98 Å². The maximum atomic E-state index is 12.1. The first kappa shape index (κ1) is 13.3. The van der Waals surface area contributed by atoms with E-state index in [4.69, 9.17) is 4.74 Å². The van der Waals surface area contributed by atoms with Crippen LogP contribution in [0.4, 0.5) is 0 Å². The molecule has 0 fully saturated rings. The lowest BCUT2D eigenvalue weighted by molar-refractivity contribution is 0.0975. The van der Waals surface area contributed by atoms with Gasteiger partial charge in [0.2, 0.25) is 0 Å². The van der Waals surface area contributed by atoms with E-state index in [9.17, 15) is 4.79 Å². The van der Waals surface area contributed by atoms with Gasteiger partial charge in [0, 0.05) is 12.6 Å². The number of aromatic nitrogens is 1. The molecule has 0 N–H and O–H groups in total. The Balaban J connectivity index is 2.03. The summed E-state index contributed by atoms with van der Waals surface area (Å²) in [5.74, 6) is 0.550. The number of nitrogens with zero attached hydrogens (tertiary/aromatic N) is 1. The molecule has 0 radical (unpaired) electrons. The summed E-state index contributed by atoms with van der Waals surface area (Å²) in [5.41, 5.74) is 2.80. The van der Waals surface area contributed by atoms with E-state index >= 15 is 0 Å². The van der Waals surface area contributed by atoms with Crippen molar-refractivity contribution in [2.75, 3.05) is 7.11 Å². The second-order valence-corrected chi connectivity index (χ2v) is 4.46. The van der Waals surface area contributed by atoms with Crippen LogP contribution in [0.3, 0.4) is 0 Å². The zero-order valence-electron chi connectivity index (χ0n) is 11.2. The summed E-state index contributed by atoms with van der Waals surface area (Å²) in [6.45, 7) is 2.05. The van der Waals surface area contributed by atoms with Crippen LogP contribution in [0.1, 0.15) is 28.0 Å². The first-order valence-electron chi connectivity index (χ1n) is 6.28. The van der Waals surface area contributed by atoms with Crippen LogP contribution >= 0.6 is 0 Å². The van der Waals surface area contributed by atoms with Crippen molar-refractivity contribution in [1.82, 2.24) is 4.98 Å². The Morgan fingerprint density at radius 3 is 2.63 bits per heavy atom. The summed E-state index contributed by atoms with van der Waals surface area (Å²) < 4.78 is 5.15.